The Bertz CT molecular complexity index is 3370. The summed E-state index contributed by atoms with van der Waals surface area (Å²) in [7, 11) is 0. The summed E-state index contributed by atoms with van der Waals surface area (Å²) in [5.74, 6) is -3.96. The molecule has 6 fully saturated rings. The molecule has 1 heterocycles. The SMILES string of the molecule is CC1O[C@@H](OC[C@@H](C)CCC(=O)[C@@H](C)C2C(=O)CC3C4CCC5CC(O[C@@H]6CC(COC(=O)c7ccccc7)[C@H](O)C(OC(=O)c7ccccc7)C6O)CCC5(C)C4CCC32C)C(OC(=O)c2ccccc2)C(OC(=O)c2ccccc2)[C@H]1OC(=O)c1ccccc1. The van der Waals surface area contributed by atoms with Gasteiger partial charge in [0.25, 0.3) is 0 Å². The molecule has 5 aliphatic carbocycles. The first kappa shape index (κ1) is 66.1. The van der Waals surface area contributed by atoms with Crippen molar-refractivity contribution in [3.05, 3.63) is 179 Å². The Hall–Kier alpha value is -7.41. The number of hydrogen-bond acceptors (Lipinski definition) is 17. The molecule has 2 N–H and O–H groups in total. The molecule has 92 heavy (non-hydrogen) atoms. The van der Waals surface area contributed by atoms with Crippen LogP contribution in [0.4, 0.5) is 0 Å². The molecule has 5 aromatic rings. The number of aliphatic hydroxyl groups is 2. The Balaban J connectivity index is 0.714. The van der Waals surface area contributed by atoms with Crippen LogP contribution in [0, 0.1) is 58.2 Å². The van der Waals surface area contributed by atoms with Crippen LogP contribution in [-0.4, -0.2) is 126 Å². The van der Waals surface area contributed by atoms with Gasteiger partial charge in [0, 0.05) is 30.6 Å². The number of carbonyl (C=O) groups is 7. The van der Waals surface area contributed by atoms with Gasteiger partial charge in [-0.15, -0.1) is 0 Å². The van der Waals surface area contributed by atoms with Crippen LogP contribution in [0.5, 0.6) is 0 Å². The van der Waals surface area contributed by atoms with Gasteiger partial charge >= 0.3 is 29.8 Å². The molecule has 5 saturated carbocycles. The normalized spacial score (nSPS) is 33.1. The van der Waals surface area contributed by atoms with Crippen molar-refractivity contribution in [3.63, 3.8) is 0 Å². The minimum Gasteiger partial charge on any atom is -0.462 e. The van der Waals surface area contributed by atoms with E-state index in [4.69, 9.17) is 37.9 Å². The maximum atomic E-state index is 14.5. The van der Waals surface area contributed by atoms with Gasteiger partial charge in [0.05, 0.1) is 65.4 Å². The van der Waals surface area contributed by atoms with Crippen LogP contribution >= 0.6 is 0 Å². The predicted molar refractivity (Wildman–Crippen MR) is 337 cm³/mol. The first-order valence-corrected chi connectivity index (χ1v) is 32.9. The molecule has 20 atom stereocenters. The number of benzene rings is 5. The van der Waals surface area contributed by atoms with Gasteiger partial charge in [-0.1, -0.05) is 119 Å². The lowest BCUT2D eigenvalue weighted by Gasteiger charge is -2.61. The van der Waals surface area contributed by atoms with E-state index in [1.54, 1.807) is 159 Å². The molecule has 0 spiro atoms. The van der Waals surface area contributed by atoms with Gasteiger partial charge in [-0.25, -0.2) is 24.0 Å². The smallest absolute Gasteiger partial charge is 0.338 e. The summed E-state index contributed by atoms with van der Waals surface area (Å²) in [4.78, 5) is 96.8. The highest BCUT2D eigenvalue weighted by molar-refractivity contribution is 5.93. The van der Waals surface area contributed by atoms with Gasteiger partial charge in [0.15, 0.2) is 30.7 Å². The summed E-state index contributed by atoms with van der Waals surface area (Å²) in [5, 5.41) is 23.6. The third-order valence-corrected chi connectivity index (χ3v) is 21.6. The number of fused-ring (bicyclic) bond motifs is 5. The molecule has 0 aromatic heterocycles. The Labute approximate surface area is 538 Å². The zero-order chi connectivity index (χ0) is 64.8. The largest absolute Gasteiger partial charge is 0.462 e. The zero-order valence-electron chi connectivity index (χ0n) is 53.0. The average Bonchev–Trinajstić information content (AvgIpc) is 1.43. The lowest BCUT2D eigenvalue weighted by molar-refractivity contribution is -0.292. The molecule has 1 saturated heterocycles. The average molecular weight is 1260 g/mol. The highest BCUT2D eigenvalue weighted by Gasteiger charge is 2.64. The van der Waals surface area contributed by atoms with Crippen molar-refractivity contribution in [3.8, 4) is 0 Å². The number of esters is 5. The second kappa shape index (κ2) is 28.8. The Kier molecular flexibility index (Phi) is 20.7. The summed E-state index contributed by atoms with van der Waals surface area (Å²) >= 11 is 0. The monoisotopic (exact) mass is 1260 g/mol. The number of hydrogen-bond donors (Lipinski definition) is 2. The maximum absolute atomic E-state index is 14.5. The Morgan fingerprint density at radius 2 is 1.05 bits per heavy atom. The van der Waals surface area contributed by atoms with Gasteiger partial charge < -0.3 is 48.1 Å². The van der Waals surface area contributed by atoms with E-state index in [-0.39, 0.29) is 88.6 Å². The number of rotatable bonds is 21. The third-order valence-electron chi connectivity index (χ3n) is 21.6. The molecule has 0 amide bonds. The van der Waals surface area contributed by atoms with Crippen LogP contribution in [0.25, 0.3) is 0 Å². The van der Waals surface area contributed by atoms with E-state index in [0.29, 0.717) is 36.2 Å². The fourth-order valence-corrected chi connectivity index (χ4v) is 16.5. The van der Waals surface area contributed by atoms with Crippen LogP contribution < -0.4 is 0 Å². The third kappa shape index (κ3) is 14.2. The summed E-state index contributed by atoms with van der Waals surface area (Å²) in [5.41, 5.74) is 0.951. The van der Waals surface area contributed by atoms with E-state index in [9.17, 15) is 43.8 Å². The lowest BCUT2D eigenvalue weighted by Crippen LogP contribution is -2.61. The number of aliphatic hydroxyl groups excluding tert-OH is 2. The second-order valence-corrected chi connectivity index (χ2v) is 27.2. The number of ketones is 2. The summed E-state index contributed by atoms with van der Waals surface area (Å²) in [6, 6.07) is 41.9. The molecule has 0 radical (unpaired) electrons. The molecule has 0 bridgehead atoms. The van der Waals surface area contributed by atoms with E-state index >= 15 is 0 Å². The van der Waals surface area contributed by atoms with E-state index < -0.39 is 103 Å². The molecule has 11 rings (SSSR count). The highest BCUT2D eigenvalue weighted by Crippen LogP contribution is 2.68. The van der Waals surface area contributed by atoms with Gasteiger partial charge in [-0.2, -0.15) is 0 Å². The van der Waals surface area contributed by atoms with E-state index in [1.165, 1.54) is 0 Å². The van der Waals surface area contributed by atoms with Crippen LogP contribution in [0.3, 0.4) is 0 Å². The fraction of sp³-hybridized carbons (Fsp3) is 0.507. The van der Waals surface area contributed by atoms with Crippen molar-refractivity contribution >= 4 is 41.4 Å². The first-order chi connectivity index (χ1) is 44.3. The number of Topliss-reactive ketones (excluding diaryl/α,β-unsaturated/α-hetero) is 2. The summed E-state index contributed by atoms with van der Waals surface area (Å²) in [6.07, 6.45) is -3.99. The topological polar surface area (TPSA) is 234 Å². The Morgan fingerprint density at radius 3 is 1.60 bits per heavy atom. The van der Waals surface area contributed by atoms with Crippen LogP contribution in [0.1, 0.15) is 157 Å². The van der Waals surface area contributed by atoms with Crippen molar-refractivity contribution in [2.45, 2.75) is 166 Å². The predicted octanol–water partition coefficient (Wildman–Crippen LogP) is 11.5. The molecule has 488 valence electrons. The van der Waals surface area contributed by atoms with E-state index in [0.717, 1.165) is 44.9 Å². The van der Waals surface area contributed by atoms with Crippen molar-refractivity contribution in [1.29, 1.82) is 0 Å². The maximum Gasteiger partial charge on any atom is 0.338 e. The molecule has 5 aromatic carbocycles. The standard InChI is InChI=1S/C75H86O17/c1-44(42-86-73-67(92-72(84)51-29-19-10-20-30-51)66(91-71(83)50-27-17-9-18-28-50)64(46(3)87-73)89-69(81)48-23-13-7-14-24-48)31-34-58(76)45(2)61-59(77)41-57-55-33-32-53-40-54(35-37-74(53,4)56(55)36-38-75(57,61)5)88-60-39-52(43-85-68(80)47-21-11-6-12-22-47)62(78)65(63(60)79)90-70(82)49-25-15-8-16-26-49/h6-30,44-46,52-57,60-67,73,78-79H,31-43H2,1-5H3/t44-,45+,46?,52?,53?,54?,55?,56?,57?,60+,61?,62-,63?,64-,65?,66?,67?,73+,74?,75?/m0/s1. The highest BCUT2D eigenvalue weighted by atomic mass is 16.7. The Morgan fingerprint density at radius 1 is 0.565 bits per heavy atom. The number of carbonyl (C=O) groups excluding carboxylic acids is 7. The molecule has 1 aliphatic heterocycles. The van der Waals surface area contributed by atoms with Gasteiger partial charge in [0.1, 0.15) is 17.7 Å². The minimum atomic E-state index is -1.42. The second-order valence-electron chi connectivity index (χ2n) is 27.2. The lowest BCUT2D eigenvalue weighted by atomic mass is 9.44. The van der Waals surface area contributed by atoms with Crippen LogP contribution in [0.15, 0.2) is 152 Å². The summed E-state index contributed by atoms with van der Waals surface area (Å²) in [6.45, 7) is 10.1. The minimum absolute atomic E-state index is 0.0131. The zero-order valence-corrected chi connectivity index (χ0v) is 53.0. The molecule has 17 heteroatoms. The molecule has 14 unspecified atom stereocenters. The fourth-order valence-electron chi connectivity index (χ4n) is 16.5. The van der Waals surface area contributed by atoms with Crippen molar-refractivity contribution < 1.29 is 81.7 Å². The van der Waals surface area contributed by atoms with Gasteiger partial charge in [-0.05, 0) is 166 Å². The molecule has 6 aliphatic rings. The van der Waals surface area contributed by atoms with Crippen molar-refractivity contribution in [1.82, 2.24) is 0 Å². The quantitative estimate of drug-likeness (QED) is 0.0513. The van der Waals surface area contributed by atoms with E-state index in [1.807, 2.05) is 13.8 Å². The van der Waals surface area contributed by atoms with Crippen molar-refractivity contribution in [2.75, 3.05) is 13.2 Å². The molecule has 17 nitrogen and oxygen atoms in total. The van der Waals surface area contributed by atoms with Gasteiger partial charge in [-0.3, -0.25) is 9.59 Å². The van der Waals surface area contributed by atoms with Gasteiger partial charge in [0.2, 0.25) is 0 Å². The number of ether oxygens (including phenoxy) is 8. The van der Waals surface area contributed by atoms with Crippen molar-refractivity contribution in [2.24, 2.45) is 58.2 Å². The molecular formula is C75H86O17. The van der Waals surface area contributed by atoms with E-state index in [2.05, 4.69) is 13.8 Å². The van der Waals surface area contributed by atoms with Crippen LogP contribution in [0.2, 0.25) is 0 Å². The molecular weight excluding hydrogens is 1170 g/mol. The first-order valence-electron chi connectivity index (χ1n) is 32.9. The summed E-state index contributed by atoms with van der Waals surface area (Å²) < 4.78 is 49.7. The van der Waals surface area contributed by atoms with Crippen LogP contribution in [-0.2, 0) is 47.5 Å².